The number of hydrogen-bond acceptors (Lipinski definition) is 5. The van der Waals surface area contributed by atoms with E-state index in [9.17, 15) is 15.2 Å². The standard InChI is InChI=1S/C17H11Cl2N3O3/c1-2-25-17(24)13-15(23)11-12(18)16(19)22(9-6-4-3-5-7-9)14(11)10(8-20)21-13/h3-7,23H,2H2,1H3. The van der Waals surface area contributed by atoms with Crippen LogP contribution < -0.4 is 0 Å². The molecule has 3 aromatic rings. The lowest BCUT2D eigenvalue weighted by Gasteiger charge is -2.09. The summed E-state index contributed by atoms with van der Waals surface area (Å²) in [7, 11) is 0. The van der Waals surface area contributed by atoms with Gasteiger partial charge in [0.15, 0.2) is 17.1 Å². The largest absolute Gasteiger partial charge is 0.505 e. The number of hydrogen-bond donors (Lipinski definition) is 1. The molecule has 2 aromatic heterocycles. The first-order chi connectivity index (χ1) is 12.0. The second-order valence-corrected chi connectivity index (χ2v) is 5.73. The second-order valence-electron chi connectivity index (χ2n) is 4.99. The summed E-state index contributed by atoms with van der Waals surface area (Å²) in [6, 6.07) is 10.8. The number of nitriles is 1. The average molecular weight is 376 g/mol. The predicted octanol–water partition coefficient (Wildman–Crippen LogP) is 4.09. The molecular weight excluding hydrogens is 365 g/mol. The topological polar surface area (TPSA) is 88.1 Å². The highest BCUT2D eigenvalue weighted by Gasteiger charge is 2.27. The Morgan fingerprint density at radius 2 is 2.04 bits per heavy atom. The van der Waals surface area contributed by atoms with Crippen molar-refractivity contribution in [3.63, 3.8) is 0 Å². The third kappa shape index (κ3) is 2.68. The van der Waals surface area contributed by atoms with Gasteiger partial charge in [-0.1, -0.05) is 41.4 Å². The van der Waals surface area contributed by atoms with E-state index in [2.05, 4.69) is 4.98 Å². The zero-order chi connectivity index (χ0) is 18.1. The number of aromatic nitrogens is 2. The first kappa shape index (κ1) is 17.1. The average Bonchev–Trinajstić information content (AvgIpc) is 2.88. The van der Waals surface area contributed by atoms with E-state index in [1.165, 1.54) is 4.57 Å². The molecule has 0 atom stereocenters. The molecule has 0 saturated carbocycles. The van der Waals surface area contributed by atoms with E-state index in [0.717, 1.165) is 0 Å². The molecule has 25 heavy (non-hydrogen) atoms. The Morgan fingerprint density at radius 1 is 1.36 bits per heavy atom. The second kappa shape index (κ2) is 6.63. The summed E-state index contributed by atoms with van der Waals surface area (Å²) < 4.78 is 6.36. The number of carbonyl (C=O) groups is 1. The summed E-state index contributed by atoms with van der Waals surface area (Å²) in [6.45, 7) is 1.72. The molecule has 0 bridgehead atoms. The van der Waals surface area contributed by atoms with Crippen molar-refractivity contribution in [1.29, 1.82) is 5.26 Å². The molecule has 0 aliphatic heterocycles. The molecule has 0 saturated heterocycles. The lowest BCUT2D eigenvalue weighted by Crippen LogP contribution is -2.09. The minimum Gasteiger partial charge on any atom is -0.505 e. The van der Waals surface area contributed by atoms with Gasteiger partial charge in [0.2, 0.25) is 0 Å². The van der Waals surface area contributed by atoms with E-state index in [-0.39, 0.29) is 39.1 Å². The van der Waals surface area contributed by atoms with Crippen LogP contribution in [0.2, 0.25) is 10.2 Å². The molecule has 0 spiro atoms. The quantitative estimate of drug-likeness (QED) is 0.696. The van der Waals surface area contributed by atoms with Crippen molar-refractivity contribution >= 4 is 40.1 Å². The number of fused-ring (bicyclic) bond motifs is 1. The lowest BCUT2D eigenvalue weighted by molar-refractivity contribution is 0.0516. The van der Waals surface area contributed by atoms with Gasteiger partial charge in [0, 0.05) is 5.69 Å². The summed E-state index contributed by atoms with van der Waals surface area (Å²) in [5, 5.41) is 20.2. The van der Waals surface area contributed by atoms with Crippen LogP contribution in [0.25, 0.3) is 16.6 Å². The lowest BCUT2D eigenvalue weighted by atomic mass is 10.2. The minimum absolute atomic E-state index is 0.0162. The van der Waals surface area contributed by atoms with E-state index in [0.29, 0.717) is 5.69 Å². The van der Waals surface area contributed by atoms with Crippen LogP contribution >= 0.6 is 23.2 Å². The zero-order valence-electron chi connectivity index (χ0n) is 13.0. The maximum atomic E-state index is 12.0. The van der Waals surface area contributed by atoms with Gasteiger partial charge < -0.3 is 9.84 Å². The van der Waals surface area contributed by atoms with Crippen LogP contribution in [0.1, 0.15) is 23.1 Å². The van der Waals surface area contributed by atoms with Gasteiger partial charge in [0.25, 0.3) is 0 Å². The Hall–Kier alpha value is -2.75. The highest BCUT2D eigenvalue weighted by molar-refractivity contribution is 6.46. The van der Waals surface area contributed by atoms with Crippen molar-refractivity contribution in [2.75, 3.05) is 6.61 Å². The molecule has 1 N–H and O–H groups in total. The van der Waals surface area contributed by atoms with Crippen molar-refractivity contribution in [3.8, 4) is 17.5 Å². The predicted molar refractivity (Wildman–Crippen MR) is 93.4 cm³/mol. The number of para-hydroxylation sites is 1. The maximum absolute atomic E-state index is 12.0. The molecular formula is C17H11Cl2N3O3. The van der Waals surface area contributed by atoms with Crippen molar-refractivity contribution in [1.82, 2.24) is 9.55 Å². The fraction of sp³-hybridized carbons (Fsp3) is 0.118. The number of esters is 1. The van der Waals surface area contributed by atoms with Crippen molar-refractivity contribution < 1.29 is 14.6 Å². The number of benzene rings is 1. The maximum Gasteiger partial charge on any atom is 0.360 e. The molecule has 6 nitrogen and oxygen atoms in total. The van der Waals surface area contributed by atoms with Gasteiger partial charge >= 0.3 is 5.97 Å². The number of pyridine rings is 1. The van der Waals surface area contributed by atoms with Gasteiger partial charge in [-0.25, -0.2) is 9.78 Å². The monoisotopic (exact) mass is 375 g/mol. The highest BCUT2D eigenvalue weighted by atomic mass is 35.5. The summed E-state index contributed by atoms with van der Waals surface area (Å²) >= 11 is 12.6. The molecule has 1 aromatic carbocycles. The number of ether oxygens (including phenoxy) is 1. The minimum atomic E-state index is -0.849. The van der Waals surface area contributed by atoms with E-state index in [1.54, 1.807) is 31.2 Å². The summed E-state index contributed by atoms with van der Waals surface area (Å²) in [5.41, 5.74) is 0.364. The van der Waals surface area contributed by atoms with Gasteiger partial charge in [-0.3, -0.25) is 4.57 Å². The third-order valence-corrected chi connectivity index (χ3v) is 4.38. The number of nitrogens with zero attached hydrogens (tertiary/aromatic N) is 3. The first-order valence-corrected chi connectivity index (χ1v) is 8.01. The van der Waals surface area contributed by atoms with Crippen LogP contribution in [0, 0.1) is 11.3 Å². The summed E-state index contributed by atoms with van der Waals surface area (Å²) in [4.78, 5) is 16.0. The Morgan fingerprint density at radius 3 is 2.64 bits per heavy atom. The third-order valence-electron chi connectivity index (χ3n) is 3.56. The van der Waals surface area contributed by atoms with Gasteiger partial charge in [0.1, 0.15) is 11.2 Å². The van der Waals surface area contributed by atoms with Crippen LogP contribution in [0.4, 0.5) is 0 Å². The van der Waals surface area contributed by atoms with Crippen molar-refractivity contribution in [2.24, 2.45) is 0 Å². The SMILES string of the molecule is CCOC(=O)c1nc(C#N)c2c(c1O)c(Cl)c(Cl)n2-c1ccccc1. The van der Waals surface area contributed by atoms with Crippen molar-refractivity contribution in [2.45, 2.75) is 6.92 Å². The molecule has 8 heteroatoms. The fourth-order valence-corrected chi connectivity index (χ4v) is 3.07. The van der Waals surface area contributed by atoms with Crippen LogP contribution in [-0.2, 0) is 4.74 Å². The van der Waals surface area contributed by atoms with E-state index in [1.807, 2.05) is 12.1 Å². The molecule has 0 unspecified atom stereocenters. The van der Waals surface area contributed by atoms with Gasteiger partial charge in [-0.2, -0.15) is 5.26 Å². The Bertz CT molecular complexity index is 1020. The Labute approximate surface area is 152 Å². The fourth-order valence-electron chi connectivity index (χ4n) is 2.53. The normalized spacial score (nSPS) is 10.6. The number of rotatable bonds is 3. The molecule has 3 rings (SSSR count). The first-order valence-electron chi connectivity index (χ1n) is 7.26. The van der Waals surface area contributed by atoms with E-state index < -0.39 is 11.7 Å². The number of halogens is 2. The molecule has 2 heterocycles. The molecule has 126 valence electrons. The zero-order valence-corrected chi connectivity index (χ0v) is 14.5. The Kier molecular flexibility index (Phi) is 4.53. The highest BCUT2D eigenvalue weighted by Crippen LogP contribution is 2.43. The number of carbonyl (C=O) groups excluding carboxylic acids is 1. The smallest absolute Gasteiger partial charge is 0.360 e. The van der Waals surface area contributed by atoms with Gasteiger partial charge in [-0.05, 0) is 19.1 Å². The van der Waals surface area contributed by atoms with Crippen molar-refractivity contribution in [3.05, 3.63) is 51.9 Å². The van der Waals surface area contributed by atoms with Crippen LogP contribution in [0.5, 0.6) is 5.75 Å². The summed E-state index contributed by atoms with van der Waals surface area (Å²) in [6.07, 6.45) is 0. The molecule has 0 amide bonds. The Balaban J connectivity index is 2.43. The van der Waals surface area contributed by atoms with Gasteiger partial charge in [0.05, 0.1) is 22.5 Å². The summed E-state index contributed by atoms with van der Waals surface area (Å²) in [5.74, 6) is -1.33. The van der Waals surface area contributed by atoms with E-state index >= 15 is 0 Å². The molecule has 0 radical (unpaired) electrons. The van der Waals surface area contributed by atoms with Gasteiger partial charge in [-0.15, -0.1) is 0 Å². The van der Waals surface area contributed by atoms with Crippen LogP contribution in [0.15, 0.2) is 30.3 Å². The number of aromatic hydroxyl groups is 1. The van der Waals surface area contributed by atoms with Crippen LogP contribution in [-0.4, -0.2) is 27.2 Å². The molecule has 0 aliphatic rings. The molecule has 0 aliphatic carbocycles. The van der Waals surface area contributed by atoms with E-state index in [4.69, 9.17) is 27.9 Å². The van der Waals surface area contributed by atoms with Crippen LogP contribution in [0.3, 0.4) is 0 Å². The molecule has 0 fully saturated rings.